The number of alkyl halides is 1. The zero-order valence-electron chi connectivity index (χ0n) is 10.1. The van der Waals surface area contributed by atoms with Crippen molar-refractivity contribution in [3.05, 3.63) is 18.0 Å². The molecule has 0 N–H and O–H groups in total. The third-order valence-corrected chi connectivity index (χ3v) is 3.27. The van der Waals surface area contributed by atoms with Crippen molar-refractivity contribution in [2.24, 2.45) is 0 Å². The summed E-state index contributed by atoms with van der Waals surface area (Å²) in [7, 11) is 0. The first-order valence-corrected chi connectivity index (χ1v) is 6.60. The highest BCUT2D eigenvalue weighted by molar-refractivity contribution is 6.17. The molecular weight excluding hydrogens is 238 g/mol. The van der Waals surface area contributed by atoms with Crippen LogP contribution in [0.25, 0.3) is 0 Å². The zero-order chi connectivity index (χ0) is 12.1. The van der Waals surface area contributed by atoms with Gasteiger partial charge in [0.15, 0.2) is 0 Å². The van der Waals surface area contributed by atoms with Crippen LogP contribution in [0, 0.1) is 0 Å². The maximum atomic E-state index is 5.72. The summed E-state index contributed by atoms with van der Waals surface area (Å²) in [6, 6.07) is 0. The van der Waals surface area contributed by atoms with E-state index in [1.807, 2.05) is 0 Å². The van der Waals surface area contributed by atoms with Crippen LogP contribution in [0.2, 0.25) is 0 Å². The molecular formula is C12H18ClN3O. The van der Waals surface area contributed by atoms with Crippen molar-refractivity contribution in [1.82, 2.24) is 9.97 Å². The number of likely N-dealkylation sites (N-methyl/N-ethyl adjacent to an activating group) is 1. The minimum Gasteiger partial charge on any atom is -0.376 e. The van der Waals surface area contributed by atoms with Gasteiger partial charge in [0.1, 0.15) is 0 Å². The van der Waals surface area contributed by atoms with Crippen LogP contribution in [0.4, 0.5) is 5.95 Å². The van der Waals surface area contributed by atoms with E-state index in [9.17, 15) is 0 Å². The van der Waals surface area contributed by atoms with Gasteiger partial charge in [-0.25, -0.2) is 9.97 Å². The molecule has 2 heterocycles. The summed E-state index contributed by atoms with van der Waals surface area (Å²) in [4.78, 5) is 10.8. The fourth-order valence-electron chi connectivity index (χ4n) is 1.97. The van der Waals surface area contributed by atoms with E-state index in [1.54, 1.807) is 12.4 Å². The van der Waals surface area contributed by atoms with E-state index in [4.69, 9.17) is 16.3 Å². The monoisotopic (exact) mass is 255 g/mol. The molecule has 0 saturated carbocycles. The van der Waals surface area contributed by atoms with E-state index in [1.165, 1.54) is 0 Å². The number of anilines is 1. The fourth-order valence-corrected chi connectivity index (χ4v) is 2.10. The Morgan fingerprint density at radius 3 is 2.76 bits per heavy atom. The van der Waals surface area contributed by atoms with Crippen LogP contribution in [-0.4, -0.2) is 35.8 Å². The Morgan fingerprint density at radius 2 is 2.24 bits per heavy atom. The third-order valence-electron chi connectivity index (χ3n) is 2.96. The molecule has 0 spiro atoms. The second-order valence-corrected chi connectivity index (χ2v) is 4.47. The summed E-state index contributed by atoms with van der Waals surface area (Å²) in [5.41, 5.74) is 0.948. The summed E-state index contributed by atoms with van der Waals surface area (Å²) < 4.78 is 5.63. The smallest absolute Gasteiger partial charge is 0.225 e. The first kappa shape index (κ1) is 12.6. The number of rotatable bonds is 5. The van der Waals surface area contributed by atoms with Crippen molar-refractivity contribution in [2.45, 2.75) is 31.7 Å². The zero-order valence-corrected chi connectivity index (χ0v) is 10.9. The predicted octanol–water partition coefficient (Wildman–Crippen LogP) is 2.22. The summed E-state index contributed by atoms with van der Waals surface area (Å²) in [5, 5.41) is 0. The largest absolute Gasteiger partial charge is 0.376 e. The number of hydrogen-bond donors (Lipinski definition) is 0. The SMILES string of the molecule is CCN(CC1CCCO1)c1ncc(CCl)cn1. The minimum atomic E-state index is 0.325. The fraction of sp³-hybridized carbons (Fsp3) is 0.667. The summed E-state index contributed by atoms with van der Waals surface area (Å²) >= 11 is 5.72. The molecule has 1 aliphatic heterocycles. The van der Waals surface area contributed by atoms with Crippen molar-refractivity contribution in [2.75, 3.05) is 24.6 Å². The first-order chi connectivity index (χ1) is 8.33. The second-order valence-electron chi connectivity index (χ2n) is 4.20. The molecule has 1 saturated heterocycles. The van der Waals surface area contributed by atoms with E-state index in [2.05, 4.69) is 21.8 Å². The van der Waals surface area contributed by atoms with Gasteiger partial charge >= 0.3 is 0 Å². The molecule has 1 aromatic rings. The molecule has 0 bridgehead atoms. The normalized spacial score (nSPS) is 19.5. The van der Waals surface area contributed by atoms with Gasteiger partial charge in [0.05, 0.1) is 12.0 Å². The number of hydrogen-bond acceptors (Lipinski definition) is 4. The van der Waals surface area contributed by atoms with Crippen molar-refractivity contribution in [1.29, 1.82) is 0 Å². The number of halogens is 1. The molecule has 0 amide bonds. The van der Waals surface area contributed by atoms with Crippen LogP contribution in [0.3, 0.4) is 0 Å². The standard InChI is InChI=1S/C12H18ClN3O/c1-2-16(9-11-4-3-5-17-11)12-14-7-10(6-13)8-15-12/h7-8,11H,2-6,9H2,1H3. The van der Waals surface area contributed by atoms with Gasteiger partial charge in [0.25, 0.3) is 0 Å². The second kappa shape index (κ2) is 6.17. The van der Waals surface area contributed by atoms with E-state index in [0.29, 0.717) is 12.0 Å². The lowest BCUT2D eigenvalue weighted by Crippen LogP contribution is -2.33. The molecule has 94 valence electrons. The Balaban J connectivity index is 2.00. The van der Waals surface area contributed by atoms with Crippen LogP contribution in [0.15, 0.2) is 12.4 Å². The predicted molar refractivity (Wildman–Crippen MR) is 68.5 cm³/mol. The molecule has 1 fully saturated rings. The Hall–Kier alpha value is -0.870. The molecule has 1 aromatic heterocycles. The lowest BCUT2D eigenvalue weighted by Gasteiger charge is -2.23. The highest BCUT2D eigenvalue weighted by Gasteiger charge is 2.19. The summed E-state index contributed by atoms with van der Waals surface area (Å²) in [5.74, 6) is 1.22. The van der Waals surface area contributed by atoms with Crippen LogP contribution in [-0.2, 0) is 10.6 Å². The highest BCUT2D eigenvalue weighted by atomic mass is 35.5. The van der Waals surface area contributed by atoms with Crippen LogP contribution in [0.5, 0.6) is 0 Å². The topological polar surface area (TPSA) is 38.2 Å². The van der Waals surface area contributed by atoms with Crippen LogP contribution >= 0.6 is 11.6 Å². The van der Waals surface area contributed by atoms with Crippen molar-refractivity contribution < 1.29 is 4.74 Å². The Morgan fingerprint density at radius 1 is 1.47 bits per heavy atom. The number of aromatic nitrogens is 2. The highest BCUT2D eigenvalue weighted by Crippen LogP contribution is 2.16. The molecule has 1 unspecified atom stereocenters. The Kier molecular flexibility index (Phi) is 4.57. The molecule has 4 nitrogen and oxygen atoms in total. The molecule has 5 heteroatoms. The Labute approximate surface area is 107 Å². The van der Waals surface area contributed by atoms with E-state index < -0.39 is 0 Å². The van der Waals surface area contributed by atoms with Crippen LogP contribution in [0.1, 0.15) is 25.3 Å². The van der Waals surface area contributed by atoms with Crippen LogP contribution < -0.4 is 4.90 Å². The van der Waals surface area contributed by atoms with Gasteiger partial charge in [-0.05, 0) is 19.8 Å². The number of nitrogens with zero attached hydrogens (tertiary/aromatic N) is 3. The van der Waals surface area contributed by atoms with Gasteiger partial charge in [0.2, 0.25) is 5.95 Å². The van der Waals surface area contributed by atoms with Gasteiger partial charge in [0, 0.05) is 37.7 Å². The van der Waals surface area contributed by atoms with Gasteiger partial charge < -0.3 is 9.64 Å². The van der Waals surface area contributed by atoms with Gasteiger partial charge in [-0.1, -0.05) is 0 Å². The lowest BCUT2D eigenvalue weighted by molar-refractivity contribution is 0.115. The molecule has 17 heavy (non-hydrogen) atoms. The van der Waals surface area contributed by atoms with Gasteiger partial charge in [-0.15, -0.1) is 11.6 Å². The molecule has 2 rings (SSSR count). The summed E-state index contributed by atoms with van der Waals surface area (Å²) in [6.07, 6.45) is 6.19. The maximum absolute atomic E-state index is 5.72. The van der Waals surface area contributed by atoms with E-state index in [-0.39, 0.29) is 0 Å². The number of ether oxygens (including phenoxy) is 1. The molecule has 0 aliphatic carbocycles. The van der Waals surface area contributed by atoms with Crippen molar-refractivity contribution in [3.63, 3.8) is 0 Å². The molecule has 0 aromatic carbocycles. The summed E-state index contributed by atoms with van der Waals surface area (Å²) in [6.45, 7) is 4.75. The molecule has 1 aliphatic rings. The average Bonchev–Trinajstić information content (AvgIpc) is 2.89. The maximum Gasteiger partial charge on any atom is 0.225 e. The molecule has 1 atom stereocenters. The Bertz CT molecular complexity index is 338. The van der Waals surface area contributed by atoms with E-state index in [0.717, 1.165) is 44.0 Å². The third kappa shape index (κ3) is 3.30. The average molecular weight is 256 g/mol. The lowest BCUT2D eigenvalue weighted by atomic mass is 10.2. The van der Waals surface area contributed by atoms with Crippen molar-refractivity contribution in [3.8, 4) is 0 Å². The molecule has 0 radical (unpaired) electrons. The van der Waals surface area contributed by atoms with Gasteiger partial charge in [-0.3, -0.25) is 0 Å². The van der Waals surface area contributed by atoms with E-state index >= 15 is 0 Å². The minimum absolute atomic E-state index is 0.325. The van der Waals surface area contributed by atoms with Gasteiger partial charge in [-0.2, -0.15) is 0 Å². The quantitative estimate of drug-likeness (QED) is 0.757. The van der Waals surface area contributed by atoms with Crippen molar-refractivity contribution >= 4 is 17.5 Å². The first-order valence-electron chi connectivity index (χ1n) is 6.07.